The van der Waals surface area contributed by atoms with Crippen LogP contribution in [-0.2, 0) is 6.54 Å². The zero-order valence-corrected chi connectivity index (χ0v) is 15.8. The Morgan fingerprint density at radius 1 is 1.04 bits per heavy atom. The number of carbonyl (C=O) groups excluding carboxylic acids is 1. The van der Waals surface area contributed by atoms with E-state index in [1.807, 2.05) is 37.4 Å². The fourth-order valence-electron chi connectivity index (χ4n) is 2.90. The number of anilines is 1. The monoisotopic (exact) mass is 371 g/mol. The molecule has 28 heavy (non-hydrogen) atoms. The number of nitrogens with one attached hydrogen (secondary N) is 2. The number of aryl methyl sites for hydroxylation is 2. The number of aromatic nitrogens is 4. The highest BCUT2D eigenvalue weighted by Gasteiger charge is 2.12. The van der Waals surface area contributed by atoms with Crippen molar-refractivity contribution < 1.29 is 4.79 Å². The molecule has 4 rings (SSSR count). The van der Waals surface area contributed by atoms with Gasteiger partial charge in [0.25, 0.3) is 5.91 Å². The molecule has 0 saturated heterocycles. The summed E-state index contributed by atoms with van der Waals surface area (Å²) in [7, 11) is 0. The summed E-state index contributed by atoms with van der Waals surface area (Å²) in [5, 5.41) is 14.2. The van der Waals surface area contributed by atoms with Gasteiger partial charge in [0.2, 0.25) is 0 Å². The van der Waals surface area contributed by atoms with E-state index in [1.54, 1.807) is 16.9 Å². The first-order chi connectivity index (χ1) is 13.6. The molecule has 2 aromatic carbocycles. The van der Waals surface area contributed by atoms with Crippen LogP contribution < -0.4 is 5.32 Å². The highest BCUT2D eigenvalue weighted by Crippen LogP contribution is 2.19. The summed E-state index contributed by atoms with van der Waals surface area (Å²) in [6.45, 7) is 4.75. The predicted molar refractivity (Wildman–Crippen MR) is 109 cm³/mol. The first-order valence-electron chi connectivity index (χ1n) is 9.08. The number of aromatic amines is 1. The molecule has 2 aromatic heterocycles. The second kappa shape index (κ2) is 7.52. The van der Waals surface area contributed by atoms with E-state index in [0.717, 1.165) is 16.8 Å². The van der Waals surface area contributed by atoms with E-state index < -0.39 is 0 Å². The Bertz CT molecular complexity index is 1090. The molecule has 0 aliphatic heterocycles. The molecule has 0 radical (unpaired) electrons. The molecule has 0 aliphatic rings. The van der Waals surface area contributed by atoms with Crippen molar-refractivity contribution in [3.63, 3.8) is 0 Å². The number of hydrogen-bond acceptors (Lipinski definition) is 3. The van der Waals surface area contributed by atoms with Crippen molar-refractivity contribution >= 4 is 11.6 Å². The van der Waals surface area contributed by atoms with Crippen LogP contribution >= 0.6 is 0 Å². The van der Waals surface area contributed by atoms with Gasteiger partial charge in [-0.25, -0.2) is 0 Å². The smallest absolute Gasteiger partial charge is 0.273 e. The van der Waals surface area contributed by atoms with Crippen LogP contribution in [0.1, 0.15) is 27.2 Å². The lowest BCUT2D eigenvalue weighted by Gasteiger charge is -2.02. The minimum atomic E-state index is -0.249. The topological polar surface area (TPSA) is 75.6 Å². The molecule has 1 amide bonds. The third-order valence-electron chi connectivity index (χ3n) is 4.53. The van der Waals surface area contributed by atoms with E-state index in [1.165, 1.54) is 11.1 Å². The van der Waals surface area contributed by atoms with Gasteiger partial charge in [-0.3, -0.25) is 14.6 Å². The number of amides is 1. The predicted octanol–water partition coefficient (Wildman–Crippen LogP) is 4.19. The Labute approximate surface area is 163 Å². The van der Waals surface area contributed by atoms with Crippen molar-refractivity contribution in [2.45, 2.75) is 20.4 Å². The molecule has 140 valence electrons. The summed E-state index contributed by atoms with van der Waals surface area (Å²) < 4.78 is 1.80. The highest BCUT2D eigenvalue weighted by molar-refractivity contribution is 6.03. The largest absolute Gasteiger partial charge is 0.318 e. The van der Waals surface area contributed by atoms with Gasteiger partial charge in [-0.2, -0.15) is 10.2 Å². The van der Waals surface area contributed by atoms with Gasteiger partial charge in [-0.1, -0.05) is 59.7 Å². The molecule has 0 fully saturated rings. The number of hydrogen-bond donors (Lipinski definition) is 2. The van der Waals surface area contributed by atoms with Crippen molar-refractivity contribution in [1.82, 2.24) is 20.0 Å². The Morgan fingerprint density at radius 3 is 2.43 bits per heavy atom. The second-order valence-electron chi connectivity index (χ2n) is 6.90. The SMILES string of the molecule is Cc1ccc(Cn2cc(NC(=O)c3cc(-c4ccc(C)cc4)n[nH]3)cn2)cc1. The van der Waals surface area contributed by atoms with Gasteiger partial charge in [0.15, 0.2) is 0 Å². The maximum absolute atomic E-state index is 12.5. The molecule has 2 heterocycles. The Hall–Kier alpha value is -3.67. The van der Waals surface area contributed by atoms with Crippen LogP contribution in [0.2, 0.25) is 0 Å². The standard InChI is InChI=1S/C22H21N5O/c1-15-3-7-17(8-4-15)13-27-14-19(12-23-27)24-22(28)21-11-20(25-26-21)18-9-5-16(2)6-10-18/h3-12,14H,13H2,1-2H3,(H,24,28)(H,25,26). The van der Waals surface area contributed by atoms with Crippen molar-refractivity contribution in [1.29, 1.82) is 0 Å². The number of nitrogens with zero attached hydrogens (tertiary/aromatic N) is 3. The number of rotatable bonds is 5. The van der Waals surface area contributed by atoms with E-state index in [4.69, 9.17) is 0 Å². The van der Waals surface area contributed by atoms with Gasteiger partial charge in [0, 0.05) is 11.8 Å². The normalized spacial score (nSPS) is 10.8. The molecule has 6 nitrogen and oxygen atoms in total. The fraction of sp³-hybridized carbons (Fsp3) is 0.136. The van der Waals surface area contributed by atoms with Crippen LogP contribution in [0.5, 0.6) is 0 Å². The van der Waals surface area contributed by atoms with Crippen molar-refractivity contribution in [3.05, 3.63) is 89.4 Å². The van der Waals surface area contributed by atoms with Crippen LogP contribution in [0.25, 0.3) is 11.3 Å². The first kappa shape index (κ1) is 17.7. The molecule has 2 N–H and O–H groups in total. The Balaban J connectivity index is 1.42. The summed E-state index contributed by atoms with van der Waals surface area (Å²) in [4.78, 5) is 12.5. The summed E-state index contributed by atoms with van der Waals surface area (Å²) in [6, 6.07) is 18.1. The Morgan fingerprint density at radius 2 is 1.71 bits per heavy atom. The van der Waals surface area contributed by atoms with Gasteiger partial charge in [-0.05, 0) is 25.5 Å². The summed E-state index contributed by atoms with van der Waals surface area (Å²) in [5.74, 6) is -0.249. The third kappa shape index (κ3) is 4.01. The number of carbonyl (C=O) groups is 1. The van der Waals surface area contributed by atoms with E-state index in [0.29, 0.717) is 17.9 Å². The van der Waals surface area contributed by atoms with E-state index >= 15 is 0 Å². The number of benzene rings is 2. The molecule has 0 bridgehead atoms. The lowest BCUT2D eigenvalue weighted by molar-refractivity contribution is 0.102. The van der Waals surface area contributed by atoms with Gasteiger partial charge in [0.05, 0.1) is 24.1 Å². The van der Waals surface area contributed by atoms with E-state index in [-0.39, 0.29) is 5.91 Å². The van der Waals surface area contributed by atoms with E-state index in [2.05, 4.69) is 51.8 Å². The zero-order valence-electron chi connectivity index (χ0n) is 15.8. The molecule has 6 heteroatoms. The lowest BCUT2D eigenvalue weighted by atomic mass is 10.1. The molecule has 0 aliphatic carbocycles. The average molecular weight is 371 g/mol. The van der Waals surface area contributed by atoms with Crippen LogP contribution in [0.3, 0.4) is 0 Å². The molecular weight excluding hydrogens is 350 g/mol. The zero-order chi connectivity index (χ0) is 19.5. The van der Waals surface area contributed by atoms with Gasteiger partial charge in [-0.15, -0.1) is 0 Å². The Kier molecular flexibility index (Phi) is 4.76. The van der Waals surface area contributed by atoms with Gasteiger partial charge in [0.1, 0.15) is 5.69 Å². The molecule has 0 spiro atoms. The van der Waals surface area contributed by atoms with E-state index in [9.17, 15) is 4.79 Å². The van der Waals surface area contributed by atoms with Crippen LogP contribution in [-0.4, -0.2) is 25.9 Å². The molecule has 0 unspecified atom stereocenters. The second-order valence-corrected chi connectivity index (χ2v) is 6.90. The first-order valence-corrected chi connectivity index (χ1v) is 9.08. The van der Waals surface area contributed by atoms with Gasteiger partial charge < -0.3 is 5.32 Å². The summed E-state index contributed by atoms with van der Waals surface area (Å²) in [6.07, 6.45) is 3.46. The maximum Gasteiger partial charge on any atom is 0.273 e. The number of H-pyrrole nitrogens is 1. The van der Waals surface area contributed by atoms with Gasteiger partial charge >= 0.3 is 0 Å². The molecular formula is C22H21N5O. The minimum absolute atomic E-state index is 0.249. The molecule has 4 aromatic rings. The van der Waals surface area contributed by atoms with Crippen molar-refractivity contribution in [3.8, 4) is 11.3 Å². The summed E-state index contributed by atoms with van der Waals surface area (Å²) >= 11 is 0. The molecule has 0 atom stereocenters. The minimum Gasteiger partial charge on any atom is -0.318 e. The highest BCUT2D eigenvalue weighted by atomic mass is 16.1. The average Bonchev–Trinajstić information content (AvgIpc) is 3.34. The third-order valence-corrected chi connectivity index (χ3v) is 4.53. The summed E-state index contributed by atoms with van der Waals surface area (Å²) in [5.41, 5.74) is 6.31. The lowest BCUT2D eigenvalue weighted by Crippen LogP contribution is -2.11. The maximum atomic E-state index is 12.5. The van der Waals surface area contributed by atoms with Crippen LogP contribution in [0.15, 0.2) is 67.0 Å². The van der Waals surface area contributed by atoms with Crippen LogP contribution in [0.4, 0.5) is 5.69 Å². The quantitative estimate of drug-likeness (QED) is 0.552. The molecule has 0 saturated carbocycles. The van der Waals surface area contributed by atoms with Crippen molar-refractivity contribution in [2.75, 3.05) is 5.32 Å². The van der Waals surface area contributed by atoms with Crippen molar-refractivity contribution in [2.24, 2.45) is 0 Å². The fourth-order valence-corrected chi connectivity index (χ4v) is 2.90. The van der Waals surface area contributed by atoms with Crippen LogP contribution in [0, 0.1) is 13.8 Å².